The normalized spacial score (nSPS) is 19.4. The van der Waals surface area contributed by atoms with Gasteiger partial charge in [0.25, 0.3) is 0 Å². The van der Waals surface area contributed by atoms with E-state index in [9.17, 15) is 4.79 Å². The van der Waals surface area contributed by atoms with Crippen LogP contribution in [0.5, 0.6) is 0 Å². The molecule has 1 aromatic carbocycles. The van der Waals surface area contributed by atoms with Crippen molar-refractivity contribution in [1.29, 1.82) is 0 Å². The molecule has 1 aliphatic rings. The summed E-state index contributed by atoms with van der Waals surface area (Å²) in [5.74, 6) is -0.159. The molecular formula is C14H19NO3. The number of carbonyl (C=O) groups excluding carboxylic acids is 1. The van der Waals surface area contributed by atoms with E-state index in [2.05, 4.69) is 0 Å². The van der Waals surface area contributed by atoms with Gasteiger partial charge in [-0.05, 0) is 37.0 Å². The smallest absolute Gasteiger partial charge is 0.306 e. The Bertz CT molecular complexity index is 400. The summed E-state index contributed by atoms with van der Waals surface area (Å²) >= 11 is 0. The van der Waals surface area contributed by atoms with Gasteiger partial charge in [-0.3, -0.25) is 4.79 Å². The Hall–Kier alpha value is -1.55. The standard InChI is InChI=1S/C14H19NO3/c15-12-4-1-3-11(9-12)6-7-14(16)18-13-5-2-8-17-10-13/h1,3-4,9,13H,2,5-8,10,15H2. The number of benzene rings is 1. The van der Waals surface area contributed by atoms with E-state index in [4.69, 9.17) is 15.2 Å². The highest BCUT2D eigenvalue weighted by molar-refractivity contribution is 5.70. The van der Waals surface area contributed by atoms with Crippen LogP contribution in [0.3, 0.4) is 0 Å². The van der Waals surface area contributed by atoms with Gasteiger partial charge in [0.1, 0.15) is 6.10 Å². The zero-order chi connectivity index (χ0) is 12.8. The fraction of sp³-hybridized carbons (Fsp3) is 0.500. The quantitative estimate of drug-likeness (QED) is 0.654. The Morgan fingerprint density at radius 2 is 2.39 bits per heavy atom. The van der Waals surface area contributed by atoms with Gasteiger partial charge < -0.3 is 15.2 Å². The lowest BCUT2D eigenvalue weighted by molar-refractivity contribution is -0.155. The fourth-order valence-corrected chi connectivity index (χ4v) is 2.04. The van der Waals surface area contributed by atoms with Gasteiger partial charge >= 0.3 is 5.97 Å². The van der Waals surface area contributed by atoms with Crippen molar-refractivity contribution in [1.82, 2.24) is 0 Å². The van der Waals surface area contributed by atoms with E-state index in [0.717, 1.165) is 30.7 Å². The van der Waals surface area contributed by atoms with Crippen molar-refractivity contribution in [2.24, 2.45) is 0 Å². The summed E-state index contributed by atoms with van der Waals surface area (Å²) in [4.78, 5) is 11.7. The molecule has 0 radical (unpaired) electrons. The van der Waals surface area contributed by atoms with Crippen molar-refractivity contribution in [2.75, 3.05) is 18.9 Å². The molecule has 1 aromatic rings. The largest absolute Gasteiger partial charge is 0.460 e. The summed E-state index contributed by atoms with van der Waals surface area (Å²) < 4.78 is 10.6. The number of esters is 1. The molecule has 1 saturated heterocycles. The molecule has 1 heterocycles. The Morgan fingerprint density at radius 3 is 3.11 bits per heavy atom. The van der Waals surface area contributed by atoms with Crippen molar-refractivity contribution in [3.8, 4) is 0 Å². The van der Waals surface area contributed by atoms with Gasteiger partial charge in [-0.2, -0.15) is 0 Å². The number of ether oxygens (including phenoxy) is 2. The molecule has 0 amide bonds. The molecule has 0 aliphatic carbocycles. The molecule has 0 saturated carbocycles. The van der Waals surface area contributed by atoms with Gasteiger partial charge in [0.15, 0.2) is 0 Å². The van der Waals surface area contributed by atoms with Crippen molar-refractivity contribution in [3.05, 3.63) is 29.8 Å². The van der Waals surface area contributed by atoms with Crippen LogP contribution < -0.4 is 5.73 Å². The van der Waals surface area contributed by atoms with Gasteiger partial charge in [-0.1, -0.05) is 12.1 Å². The minimum Gasteiger partial charge on any atom is -0.460 e. The van der Waals surface area contributed by atoms with E-state index in [0.29, 0.717) is 19.4 Å². The molecule has 2 rings (SSSR count). The van der Waals surface area contributed by atoms with Crippen LogP contribution in [0.25, 0.3) is 0 Å². The highest BCUT2D eigenvalue weighted by Gasteiger charge is 2.17. The zero-order valence-corrected chi connectivity index (χ0v) is 10.4. The van der Waals surface area contributed by atoms with Crippen LogP contribution in [0.15, 0.2) is 24.3 Å². The van der Waals surface area contributed by atoms with Crippen LogP contribution in [0.1, 0.15) is 24.8 Å². The molecule has 1 fully saturated rings. The van der Waals surface area contributed by atoms with Crippen molar-refractivity contribution >= 4 is 11.7 Å². The van der Waals surface area contributed by atoms with E-state index in [1.807, 2.05) is 24.3 Å². The zero-order valence-electron chi connectivity index (χ0n) is 10.4. The number of nitrogen functional groups attached to an aromatic ring is 1. The molecule has 1 aliphatic heterocycles. The van der Waals surface area contributed by atoms with E-state index in [1.54, 1.807) is 0 Å². The molecule has 18 heavy (non-hydrogen) atoms. The number of aryl methyl sites for hydroxylation is 1. The Balaban J connectivity index is 1.74. The van der Waals surface area contributed by atoms with Gasteiger partial charge in [-0.25, -0.2) is 0 Å². The summed E-state index contributed by atoms with van der Waals surface area (Å²) in [6.45, 7) is 1.31. The van der Waals surface area contributed by atoms with Crippen LogP contribution in [-0.2, 0) is 20.7 Å². The maximum absolute atomic E-state index is 11.7. The van der Waals surface area contributed by atoms with Crippen LogP contribution in [0.2, 0.25) is 0 Å². The summed E-state index contributed by atoms with van der Waals surface area (Å²) in [5.41, 5.74) is 7.47. The van der Waals surface area contributed by atoms with E-state index in [-0.39, 0.29) is 12.1 Å². The number of anilines is 1. The predicted molar refractivity (Wildman–Crippen MR) is 69.1 cm³/mol. The van der Waals surface area contributed by atoms with Crippen LogP contribution in [0.4, 0.5) is 5.69 Å². The number of hydrogen-bond acceptors (Lipinski definition) is 4. The third kappa shape index (κ3) is 4.04. The van der Waals surface area contributed by atoms with Crippen molar-refractivity contribution in [3.63, 3.8) is 0 Å². The second-order valence-electron chi connectivity index (χ2n) is 4.57. The molecule has 1 unspecified atom stereocenters. The average Bonchev–Trinajstić information content (AvgIpc) is 2.38. The highest BCUT2D eigenvalue weighted by Crippen LogP contribution is 2.13. The number of nitrogens with two attached hydrogens (primary N) is 1. The van der Waals surface area contributed by atoms with Gasteiger partial charge in [-0.15, -0.1) is 0 Å². The Kier molecular flexibility index (Phi) is 4.59. The lowest BCUT2D eigenvalue weighted by atomic mass is 10.1. The van der Waals surface area contributed by atoms with Crippen molar-refractivity contribution < 1.29 is 14.3 Å². The predicted octanol–water partition coefficient (Wildman–Crippen LogP) is 1.92. The number of rotatable bonds is 4. The average molecular weight is 249 g/mol. The van der Waals surface area contributed by atoms with E-state index in [1.165, 1.54) is 0 Å². The summed E-state index contributed by atoms with van der Waals surface area (Å²) in [6.07, 6.45) is 2.86. The molecule has 0 spiro atoms. The molecule has 4 heteroatoms. The maximum atomic E-state index is 11.7. The number of hydrogen-bond donors (Lipinski definition) is 1. The molecule has 0 bridgehead atoms. The number of carbonyl (C=O) groups is 1. The lowest BCUT2D eigenvalue weighted by Crippen LogP contribution is -2.28. The monoisotopic (exact) mass is 249 g/mol. The summed E-state index contributed by atoms with van der Waals surface area (Å²) in [7, 11) is 0. The highest BCUT2D eigenvalue weighted by atomic mass is 16.6. The second kappa shape index (κ2) is 6.40. The van der Waals surface area contributed by atoms with Crippen LogP contribution in [0, 0.1) is 0 Å². The second-order valence-corrected chi connectivity index (χ2v) is 4.57. The lowest BCUT2D eigenvalue weighted by Gasteiger charge is -2.22. The third-order valence-corrected chi connectivity index (χ3v) is 2.99. The molecule has 4 nitrogen and oxygen atoms in total. The Morgan fingerprint density at radius 1 is 1.50 bits per heavy atom. The topological polar surface area (TPSA) is 61.6 Å². The van der Waals surface area contributed by atoms with E-state index >= 15 is 0 Å². The van der Waals surface area contributed by atoms with Crippen LogP contribution >= 0.6 is 0 Å². The van der Waals surface area contributed by atoms with Gasteiger partial charge in [0, 0.05) is 18.7 Å². The van der Waals surface area contributed by atoms with Gasteiger partial charge in [0.05, 0.1) is 6.61 Å². The third-order valence-electron chi connectivity index (χ3n) is 2.99. The van der Waals surface area contributed by atoms with Gasteiger partial charge in [0.2, 0.25) is 0 Å². The minimum absolute atomic E-state index is 0.0629. The summed E-state index contributed by atoms with van der Waals surface area (Å²) in [5, 5.41) is 0. The minimum atomic E-state index is -0.159. The SMILES string of the molecule is Nc1cccc(CCC(=O)OC2CCCOC2)c1. The van der Waals surface area contributed by atoms with E-state index < -0.39 is 0 Å². The van der Waals surface area contributed by atoms with Crippen LogP contribution in [-0.4, -0.2) is 25.3 Å². The molecule has 98 valence electrons. The fourth-order valence-electron chi connectivity index (χ4n) is 2.04. The first kappa shape index (κ1) is 12.9. The first-order chi connectivity index (χ1) is 8.74. The first-order valence-electron chi connectivity index (χ1n) is 6.35. The Labute approximate surface area is 107 Å². The molecular weight excluding hydrogens is 230 g/mol. The summed E-state index contributed by atoms with van der Waals surface area (Å²) in [6, 6.07) is 7.58. The molecule has 2 N–H and O–H groups in total. The maximum Gasteiger partial charge on any atom is 0.306 e. The molecule has 0 aromatic heterocycles. The first-order valence-corrected chi connectivity index (χ1v) is 6.35. The molecule has 1 atom stereocenters. The van der Waals surface area contributed by atoms with Crippen molar-refractivity contribution in [2.45, 2.75) is 31.8 Å².